The van der Waals surface area contributed by atoms with Gasteiger partial charge in [0.1, 0.15) is 5.69 Å². The molecular formula is C27H35N3O6S. The lowest BCUT2D eigenvalue weighted by Crippen LogP contribution is -2.30. The number of sulfonamides is 1. The number of unbranched alkanes of at least 4 members (excludes halogenated alkanes) is 1. The van der Waals surface area contributed by atoms with Crippen molar-refractivity contribution in [3.8, 4) is 0 Å². The number of carbonyl (C=O) groups excluding carboxylic acids is 3. The standard InChI is InChI=1S/C27H35N3O6S/c1-2-3-17-36-27(33)24-14-11-22(19-29-24)26(32)30-37(34,35)23-12-9-20(10-13-23)15-16-28-25(31)18-21-7-5-4-6-8-21/h9-14,19,21H,2-8,15-18H2,1H3,(H,28,31)(H,30,32). The topological polar surface area (TPSA) is 132 Å². The van der Waals surface area contributed by atoms with Crippen molar-refractivity contribution in [3.63, 3.8) is 0 Å². The minimum atomic E-state index is -4.10. The molecule has 3 rings (SSSR count). The van der Waals surface area contributed by atoms with Crippen molar-refractivity contribution >= 4 is 27.8 Å². The Bertz CT molecular complexity index is 1160. The highest BCUT2D eigenvalue weighted by molar-refractivity contribution is 7.90. The van der Waals surface area contributed by atoms with Crippen LogP contribution in [0, 0.1) is 5.92 Å². The van der Waals surface area contributed by atoms with Crippen LogP contribution in [0.3, 0.4) is 0 Å². The van der Waals surface area contributed by atoms with Gasteiger partial charge in [0.25, 0.3) is 15.9 Å². The molecule has 2 aromatic rings. The van der Waals surface area contributed by atoms with Crippen molar-refractivity contribution in [2.24, 2.45) is 5.92 Å². The van der Waals surface area contributed by atoms with E-state index in [9.17, 15) is 22.8 Å². The number of nitrogens with one attached hydrogen (secondary N) is 2. The van der Waals surface area contributed by atoms with E-state index >= 15 is 0 Å². The number of ether oxygens (including phenoxy) is 1. The van der Waals surface area contributed by atoms with E-state index in [2.05, 4.69) is 10.3 Å². The molecule has 1 fully saturated rings. The normalized spacial score (nSPS) is 14.1. The van der Waals surface area contributed by atoms with Gasteiger partial charge >= 0.3 is 5.97 Å². The van der Waals surface area contributed by atoms with Crippen molar-refractivity contribution in [3.05, 3.63) is 59.4 Å². The quantitative estimate of drug-likeness (QED) is 0.316. The third-order valence-electron chi connectivity index (χ3n) is 6.36. The highest BCUT2D eigenvalue weighted by atomic mass is 32.2. The van der Waals surface area contributed by atoms with Gasteiger partial charge in [0.05, 0.1) is 17.1 Å². The lowest BCUT2D eigenvalue weighted by Gasteiger charge is -2.20. The molecule has 0 spiro atoms. The molecule has 10 heteroatoms. The maximum atomic E-state index is 12.7. The Morgan fingerprint density at radius 1 is 1.03 bits per heavy atom. The monoisotopic (exact) mass is 529 g/mol. The largest absolute Gasteiger partial charge is 0.461 e. The van der Waals surface area contributed by atoms with E-state index in [1.807, 2.05) is 11.6 Å². The number of nitrogens with zero attached hydrogens (tertiary/aromatic N) is 1. The second-order valence-electron chi connectivity index (χ2n) is 9.31. The van der Waals surface area contributed by atoms with Gasteiger partial charge in [-0.1, -0.05) is 44.7 Å². The SMILES string of the molecule is CCCCOC(=O)c1ccc(C(=O)NS(=O)(=O)c2ccc(CCNC(=O)CC3CCCCC3)cc2)cn1. The summed E-state index contributed by atoms with van der Waals surface area (Å²) in [5.41, 5.74) is 0.902. The van der Waals surface area contributed by atoms with Gasteiger partial charge in [0, 0.05) is 19.2 Å². The van der Waals surface area contributed by atoms with E-state index < -0.39 is 21.9 Å². The average Bonchev–Trinajstić information content (AvgIpc) is 2.89. The molecule has 1 heterocycles. The molecule has 0 atom stereocenters. The van der Waals surface area contributed by atoms with Crippen LogP contribution in [-0.2, 0) is 26.0 Å². The first-order valence-corrected chi connectivity index (χ1v) is 14.3. The van der Waals surface area contributed by atoms with Crippen LogP contribution >= 0.6 is 0 Å². The summed E-state index contributed by atoms with van der Waals surface area (Å²) in [6, 6.07) is 8.79. The fraction of sp³-hybridized carbons (Fsp3) is 0.481. The average molecular weight is 530 g/mol. The number of aromatic nitrogens is 1. The maximum Gasteiger partial charge on any atom is 0.356 e. The number of rotatable bonds is 12. The first-order valence-electron chi connectivity index (χ1n) is 12.8. The van der Waals surface area contributed by atoms with E-state index in [1.54, 1.807) is 12.1 Å². The van der Waals surface area contributed by atoms with E-state index in [-0.39, 0.29) is 28.7 Å². The molecule has 0 unspecified atom stereocenters. The minimum absolute atomic E-state index is 0.00530. The number of benzene rings is 1. The highest BCUT2D eigenvalue weighted by Gasteiger charge is 2.20. The van der Waals surface area contributed by atoms with Gasteiger partial charge < -0.3 is 10.1 Å². The molecule has 1 aromatic heterocycles. The first-order chi connectivity index (χ1) is 17.8. The molecule has 1 aliphatic rings. The number of pyridine rings is 1. The minimum Gasteiger partial charge on any atom is -0.461 e. The van der Waals surface area contributed by atoms with Gasteiger partial charge in [-0.3, -0.25) is 9.59 Å². The third-order valence-corrected chi connectivity index (χ3v) is 7.71. The third kappa shape index (κ3) is 8.96. The second-order valence-corrected chi connectivity index (χ2v) is 11.0. The summed E-state index contributed by atoms with van der Waals surface area (Å²) in [5, 5.41) is 2.94. The Morgan fingerprint density at radius 3 is 2.41 bits per heavy atom. The molecule has 0 saturated heterocycles. The molecule has 0 bridgehead atoms. The molecular weight excluding hydrogens is 494 g/mol. The smallest absolute Gasteiger partial charge is 0.356 e. The van der Waals surface area contributed by atoms with Crippen LogP contribution in [0.5, 0.6) is 0 Å². The van der Waals surface area contributed by atoms with E-state index in [0.29, 0.717) is 25.3 Å². The molecule has 0 aliphatic heterocycles. The molecule has 200 valence electrons. The Morgan fingerprint density at radius 2 is 1.76 bits per heavy atom. The van der Waals surface area contributed by atoms with Crippen LogP contribution in [0.4, 0.5) is 0 Å². The van der Waals surface area contributed by atoms with Crippen LogP contribution < -0.4 is 10.0 Å². The van der Waals surface area contributed by atoms with Crippen LogP contribution in [0.1, 0.15) is 84.7 Å². The van der Waals surface area contributed by atoms with Crippen LogP contribution in [0.15, 0.2) is 47.5 Å². The van der Waals surface area contributed by atoms with Crippen LogP contribution in [0.25, 0.3) is 0 Å². The van der Waals surface area contributed by atoms with E-state index in [0.717, 1.165) is 37.4 Å². The second kappa shape index (κ2) is 13.9. The molecule has 1 saturated carbocycles. The summed E-state index contributed by atoms with van der Waals surface area (Å²) in [5.74, 6) is -0.918. The summed E-state index contributed by atoms with van der Waals surface area (Å²) in [6.07, 6.45) is 9.80. The summed E-state index contributed by atoms with van der Waals surface area (Å²) in [6.45, 7) is 2.73. The summed E-state index contributed by atoms with van der Waals surface area (Å²) in [7, 11) is -4.10. The maximum absolute atomic E-state index is 12.7. The predicted octanol–water partition coefficient (Wildman–Crippen LogP) is 3.79. The number of hydrogen-bond donors (Lipinski definition) is 2. The first kappa shape index (κ1) is 28.3. The lowest BCUT2D eigenvalue weighted by molar-refractivity contribution is -0.122. The molecule has 2 N–H and O–H groups in total. The molecule has 2 amide bonds. The highest BCUT2D eigenvalue weighted by Crippen LogP contribution is 2.26. The van der Waals surface area contributed by atoms with Crippen molar-refractivity contribution in [1.82, 2.24) is 15.0 Å². The number of hydrogen-bond acceptors (Lipinski definition) is 7. The van der Waals surface area contributed by atoms with Gasteiger partial charge in [-0.25, -0.2) is 22.9 Å². The zero-order valence-electron chi connectivity index (χ0n) is 21.2. The van der Waals surface area contributed by atoms with Crippen LogP contribution in [0.2, 0.25) is 0 Å². The van der Waals surface area contributed by atoms with Gasteiger partial charge in [0.15, 0.2) is 0 Å². The number of esters is 1. The molecule has 0 radical (unpaired) electrons. The van der Waals surface area contributed by atoms with Gasteiger partial charge in [0.2, 0.25) is 5.91 Å². The van der Waals surface area contributed by atoms with Gasteiger partial charge in [-0.2, -0.15) is 0 Å². The Kier molecular flexibility index (Phi) is 10.6. The van der Waals surface area contributed by atoms with Crippen molar-refractivity contribution in [2.75, 3.05) is 13.2 Å². The molecule has 1 aromatic carbocycles. The van der Waals surface area contributed by atoms with Gasteiger partial charge in [-0.05, 0) is 61.4 Å². The zero-order valence-corrected chi connectivity index (χ0v) is 22.0. The fourth-order valence-corrected chi connectivity index (χ4v) is 5.15. The zero-order chi connectivity index (χ0) is 26.7. The Hall–Kier alpha value is -3.27. The number of carbonyl (C=O) groups is 3. The number of amides is 2. The fourth-order valence-electron chi connectivity index (χ4n) is 4.18. The molecule has 9 nitrogen and oxygen atoms in total. The Balaban J connectivity index is 1.48. The van der Waals surface area contributed by atoms with Crippen molar-refractivity contribution < 1.29 is 27.5 Å². The van der Waals surface area contributed by atoms with Crippen molar-refractivity contribution in [1.29, 1.82) is 0 Å². The summed E-state index contributed by atoms with van der Waals surface area (Å²) >= 11 is 0. The van der Waals surface area contributed by atoms with Gasteiger partial charge in [-0.15, -0.1) is 0 Å². The molecule has 37 heavy (non-hydrogen) atoms. The Labute approximate surface area is 218 Å². The van der Waals surface area contributed by atoms with E-state index in [1.165, 1.54) is 43.5 Å². The molecule has 1 aliphatic carbocycles. The van der Waals surface area contributed by atoms with Crippen molar-refractivity contribution in [2.45, 2.75) is 69.6 Å². The van der Waals surface area contributed by atoms with E-state index in [4.69, 9.17) is 4.74 Å². The predicted molar refractivity (Wildman–Crippen MR) is 138 cm³/mol. The lowest BCUT2D eigenvalue weighted by atomic mass is 9.87. The van der Waals surface area contributed by atoms with Crippen LogP contribution in [-0.4, -0.2) is 44.3 Å². The summed E-state index contributed by atoms with van der Waals surface area (Å²) in [4.78, 5) is 40.4. The summed E-state index contributed by atoms with van der Waals surface area (Å²) < 4.78 is 32.4.